The van der Waals surface area contributed by atoms with Gasteiger partial charge in [0.1, 0.15) is 0 Å². The lowest BCUT2D eigenvalue weighted by atomic mass is 10.2. The Morgan fingerprint density at radius 1 is 1.03 bits per heavy atom. The van der Waals surface area contributed by atoms with Crippen LogP contribution in [0, 0.1) is 0 Å². The zero-order chi connectivity index (χ0) is 22.5. The average Bonchev–Trinajstić information content (AvgIpc) is 3.12. The third kappa shape index (κ3) is 4.88. The number of urea groups is 1. The molecule has 2 amide bonds. The van der Waals surface area contributed by atoms with Crippen LogP contribution in [-0.2, 0) is 11.3 Å². The number of benzene rings is 3. The molecule has 166 valence electrons. The third-order valence-electron chi connectivity index (χ3n) is 5.45. The number of carbonyl (C=O) groups is 1. The number of nitrogens with one attached hydrogen (secondary N) is 1. The maximum Gasteiger partial charge on any atom is 0.322 e. The van der Waals surface area contributed by atoms with E-state index < -0.39 is 6.10 Å². The van der Waals surface area contributed by atoms with Gasteiger partial charge < -0.3 is 24.6 Å². The van der Waals surface area contributed by atoms with Gasteiger partial charge in [0.2, 0.25) is 0 Å². The van der Waals surface area contributed by atoms with Crippen LogP contribution in [0.25, 0.3) is 21.8 Å². The number of hydrogen-bond donors (Lipinski definition) is 2. The van der Waals surface area contributed by atoms with E-state index in [1.807, 2.05) is 24.3 Å². The average molecular weight is 452 g/mol. The molecule has 0 aliphatic carbocycles. The Kier molecular flexibility index (Phi) is 6.95. The molecule has 0 spiro atoms. The molecular formula is C25H26ClN3O3. The molecular weight excluding hydrogens is 426 g/mol. The predicted molar refractivity (Wildman–Crippen MR) is 129 cm³/mol. The fraction of sp³-hybridized carbons (Fsp3) is 0.240. The predicted octanol–water partition coefficient (Wildman–Crippen LogP) is 4.99. The summed E-state index contributed by atoms with van der Waals surface area (Å²) in [4.78, 5) is 14.4. The molecule has 0 radical (unpaired) electrons. The zero-order valence-electron chi connectivity index (χ0n) is 17.9. The normalized spacial score (nSPS) is 12.2. The molecule has 7 heteroatoms. The summed E-state index contributed by atoms with van der Waals surface area (Å²) in [5, 5.41) is 16.7. The Bertz CT molecular complexity index is 1150. The first-order valence-corrected chi connectivity index (χ1v) is 10.9. The molecule has 1 aromatic heterocycles. The Morgan fingerprint density at radius 3 is 2.22 bits per heavy atom. The van der Waals surface area contributed by atoms with Crippen LogP contribution < -0.4 is 5.32 Å². The van der Waals surface area contributed by atoms with Crippen molar-refractivity contribution in [3.63, 3.8) is 0 Å². The van der Waals surface area contributed by atoms with E-state index >= 15 is 0 Å². The summed E-state index contributed by atoms with van der Waals surface area (Å²) in [6.07, 6.45) is -0.762. The summed E-state index contributed by atoms with van der Waals surface area (Å²) in [7, 11) is 1.59. The lowest BCUT2D eigenvalue weighted by Gasteiger charge is -2.26. The van der Waals surface area contributed by atoms with E-state index in [9.17, 15) is 9.90 Å². The summed E-state index contributed by atoms with van der Waals surface area (Å²) >= 11 is 5.92. The highest BCUT2D eigenvalue weighted by molar-refractivity contribution is 6.30. The van der Waals surface area contributed by atoms with Gasteiger partial charge in [0.25, 0.3) is 0 Å². The van der Waals surface area contributed by atoms with Crippen molar-refractivity contribution < 1.29 is 14.6 Å². The minimum absolute atomic E-state index is 0.170. The third-order valence-corrected chi connectivity index (χ3v) is 5.70. The van der Waals surface area contributed by atoms with E-state index in [0.29, 0.717) is 30.4 Å². The maximum absolute atomic E-state index is 12.9. The first-order valence-electron chi connectivity index (χ1n) is 10.5. The molecule has 0 saturated heterocycles. The molecule has 4 rings (SSSR count). The molecule has 0 saturated carbocycles. The molecule has 0 bridgehead atoms. The quantitative estimate of drug-likeness (QED) is 0.396. The van der Waals surface area contributed by atoms with E-state index in [2.05, 4.69) is 34.1 Å². The number of aliphatic hydroxyl groups is 1. The second-order valence-electron chi connectivity index (χ2n) is 7.67. The fourth-order valence-electron chi connectivity index (χ4n) is 3.94. The molecule has 4 aromatic rings. The molecule has 1 heterocycles. The standard InChI is InChI=1S/C25H26ClN3O3/c1-32-15-14-28(25(31)27-19-12-10-18(26)11-13-19)16-20(30)17-29-23-8-4-2-6-21(23)22-7-3-5-9-24(22)29/h2-13,20,30H,14-17H2,1H3,(H,27,31)/t20-/m0/s1. The van der Waals surface area contributed by atoms with Crippen molar-refractivity contribution in [3.8, 4) is 0 Å². The summed E-state index contributed by atoms with van der Waals surface area (Å²) in [6, 6.07) is 22.9. The lowest BCUT2D eigenvalue weighted by molar-refractivity contribution is 0.0963. The number of hydrogen-bond acceptors (Lipinski definition) is 3. The Morgan fingerprint density at radius 2 is 1.62 bits per heavy atom. The van der Waals surface area contributed by atoms with Gasteiger partial charge in [-0.15, -0.1) is 0 Å². The van der Waals surface area contributed by atoms with Crippen LogP contribution in [0.1, 0.15) is 0 Å². The van der Waals surface area contributed by atoms with Gasteiger partial charge in [0.05, 0.1) is 25.8 Å². The van der Waals surface area contributed by atoms with Crippen LogP contribution in [0.3, 0.4) is 0 Å². The highest BCUT2D eigenvalue weighted by Gasteiger charge is 2.20. The summed E-state index contributed by atoms with van der Waals surface area (Å²) in [6.45, 7) is 1.27. The van der Waals surface area contributed by atoms with Crippen molar-refractivity contribution in [2.45, 2.75) is 12.6 Å². The van der Waals surface area contributed by atoms with Crippen LogP contribution in [0.5, 0.6) is 0 Å². The number of para-hydroxylation sites is 2. The number of rotatable bonds is 8. The second kappa shape index (κ2) is 10.0. The first-order chi connectivity index (χ1) is 15.6. The Labute approximate surface area is 192 Å². The van der Waals surface area contributed by atoms with Crippen molar-refractivity contribution in [1.29, 1.82) is 0 Å². The topological polar surface area (TPSA) is 66.7 Å². The Hall–Kier alpha value is -3.06. The van der Waals surface area contributed by atoms with E-state index in [1.54, 1.807) is 36.3 Å². The van der Waals surface area contributed by atoms with Crippen LogP contribution in [-0.4, -0.2) is 53.5 Å². The number of anilines is 1. The molecule has 0 fully saturated rings. The number of aromatic nitrogens is 1. The van der Waals surface area contributed by atoms with Gasteiger partial charge >= 0.3 is 6.03 Å². The number of nitrogens with zero attached hydrogens (tertiary/aromatic N) is 2. The fourth-order valence-corrected chi connectivity index (χ4v) is 4.06. The van der Waals surface area contributed by atoms with Crippen LogP contribution in [0.4, 0.5) is 10.5 Å². The van der Waals surface area contributed by atoms with Crippen molar-refractivity contribution >= 4 is 45.1 Å². The van der Waals surface area contributed by atoms with E-state index in [1.165, 1.54) is 0 Å². The van der Waals surface area contributed by atoms with Gasteiger partial charge in [0.15, 0.2) is 0 Å². The van der Waals surface area contributed by atoms with E-state index in [4.69, 9.17) is 16.3 Å². The largest absolute Gasteiger partial charge is 0.389 e. The molecule has 2 N–H and O–H groups in total. The summed E-state index contributed by atoms with van der Waals surface area (Å²) in [5.41, 5.74) is 2.75. The van der Waals surface area contributed by atoms with E-state index in [0.717, 1.165) is 21.8 Å². The van der Waals surface area contributed by atoms with Gasteiger partial charge in [-0.05, 0) is 36.4 Å². The minimum Gasteiger partial charge on any atom is -0.389 e. The highest BCUT2D eigenvalue weighted by Crippen LogP contribution is 2.29. The lowest BCUT2D eigenvalue weighted by Crippen LogP contribution is -2.43. The number of carbonyl (C=O) groups excluding carboxylic acids is 1. The Balaban J connectivity index is 1.53. The highest BCUT2D eigenvalue weighted by atomic mass is 35.5. The number of fused-ring (bicyclic) bond motifs is 3. The van der Waals surface area contributed by atoms with Crippen molar-refractivity contribution in [1.82, 2.24) is 9.47 Å². The van der Waals surface area contributed by atoms with Crippen LogP contribution in [0.15, 0.2) is 72.8 Å². The zero-order valence-corrected chi connectivity index (χ0v) is 18.6. The van der Waals surface area contributed by atoms with Crippen molar-refractivity contribution in [3.05, 3.63) is 77.8 Å². The molecule has 3 aromatic carbocycles. The van der Waals surface area contributed by atoms with Gasteiger partial charge in [-0.25, -0.2) is 4.79 Å². The monoisotopic (exact) mass is 451 g/mol. The van der Waals surface area contributed by atoms with Crippen LogP contribution >= 0.6 is 11.6 Å². The van der Waals surface area contributed by atoms with Crippen molar-refractivity contribution in [2.75, 3.05) is 32.1 Å². The minimum atomic E-state index is -0.762. The number of aliphatic hydroxyl groups excluding tert-OH is 1. The van der Waals surface area contributed by atoms with Crippen LogP contribution in [0.2, 0.25) is 5.02 Å². The van der Waals surface area contributed by atoms with E-state index in [-0.39, 0.29) is 12.6 Å². The SMILES string of the molecule is COCCN(C[C@H](O)Cn1c2ccccc2c2ccccc21)C(=O)Nc1ccc(Cl)cc1. The molecule has 32 heavy (non-hydrogen) atoms. The van der Waals surface area contributed by atoms with Gasteiger partial charge in [0, 0.05) is 46.2 Å². The molecule has 0 unspecified atom stereocenters. The number of halogens is 1. The van der Waals surface area contributed by atoms with Gasteiger partial charge in [-0.2, -0.15) is 0 Å². The maximum atomic E-state index is 12.9. The first kappa shape index (κ1) is 22.1. The summed E-state index contributed by atoms with van der Waals surface area (Å²) in [5.74, 6) is 0. The van der Waals surface area contributed by atoms with Gasteiger partial charge in [-0.1, -0.05) is 48.0 Å². The molecule has 0 aliphatic heterocycles. The summed E-state index contributed by atoms with van der Waals surface area (Å²) < 4.78 is 7.28. The number of methoxy groups -OCH3 is 1. The molecule has 1 atom stereocenters. The molecule has 0 aliphatic rings. The number of amides is 2. The van der Waals surface area contributed by atoms with Gasteiger partial charge in [-0.3, -0.25) is 0 Å². The second-order valence-corrected chi connectivity index (χ2v) is 8.11. The number of ether oxygens (including phenoxy) is 1. The van der Waals surface area contributed by atoms with Crippen molar-refractivity contribution in [2.24, 2.45) is 0 Å². The smallest absolute Gasteiger partial charge is 0.322 e. The molecule has 6 nitrogen and oxygen atoms in total.